The number of carbonyl (C=O) groups is 2. The smallest absolute Gasteiger partial charge is 0.337 e. The van der Waals surface area contributed by atoms with Crippen LogP contribution in [0.25, 0.3) is 0 Å². The van der Waals surface area contributed by atoms with Gasteiger partial charge in [0.15, 0.2) is 0 Å². The number of hydrogen-bond acceptors (Lipinski definition) is 3. The van der Waals surface area contributed by atoms with Crippen LogP contribution in [0.4, 0.5) is 4.79 Å². The molecule has 1 atom stereocenters. The van der Waals surface area contributed by atoms with E-state index in [0.29, 0.717) is 28.4 Å². The predicted octanol–water partition coefficient (Wildman–Crippen LogP) is 3.04. The van der Waals surface area contributed by atoms with Crippen LogP contribution in [0.2, 0.25) is 5.02 Å². The minimum atomic E-state index is -0.644. The van der Waals surface area contributed by atoms with Gasteiger partial charge in [-0.15, -0.1) is 6.58 Å². The van der Waals surface area contributed by atoms with Gasteiger partial charge in [0, 0.05) is 17.3 Å². The number of methoxy groups -OCH3 is 1. The average Bonchev–Trinajstić information content (AvgIpc) is 2.50. The molecule has 1 aliphatic heterocycles. The van der Waals surface area contributed by atoms with Crippen molar-refractivity contribution in [1.82, 2.24) is 10.2 Å². The molecule has 2 rings (SSSR count). The number of amides is 2. The maximum Gasteiger partial charge on any atom is 0.337 e. The van der Waals surface area contributed by atoms with Gasteiger partial charge < -0.3 is 10.1 Å². The molecule has 0 bridgehead atoms. The molecule has 0 spiro atoms. The standard InChI is InChI=1S/C16H17ClN2O3/c1-4-9-19-10(2)13(15(20)22-3)14(18-16(19)21)11-7-5-6-8-12(11)17/h4-8,14H,1,9H2,2-3H3,(H,18,21)/t14-/m0/s1. The summed E-state index contributed by atoms with van der Waals surface area (Å²) in [6, 6.07) is 6.11. The molecule has 2 amide bonds. The number of nitrogens with one attached hydrogen (secondary N) is 1. The van der Waals surface area contributed by atoms with Crippen molar-refractivity contribution in [2.24, 2.45) is 0 Å². The van der Waals surface area contributed by atoms with Crippen molar-refractivity contribution >= 4 is 23.6 Å². The van der Waals surface area contributed by atoms with Crippen LogP contribution in [0.15, 0.2) is 48.2 Å². The summed E-state index contributed by atoms with van der Waals surface area (Å²) in [5.74, 6) is -0.503. The molecule has 0 aromatic heterocycles. The van der Waals surface area contributed by atoms with Crippen molar-refractivity contribution in [3.63, 3.8) is 0 Å². The normalized spacial score (nSPS) is 18.0. The van der Waals surface area contributed by atoms with Gasteiger partial charge in [-0.3, -0.25) is 4.90 Å². The van der Waals surface area contributed by atoms with Gasteiger partial charge in [0.2, 0.25) is 0 Å². The van der Waals surface area contributed by atoms with Crippen LogP contribution < -0.4 is 5.32 Å². The Morgan fingerprint density at radius 2 is 2.18 bits per heavy atom. The van der Waals surface area contributed by atoms with E-state index in [4.69, 9.17) is 16.3 Å². The van der Waals surface area contributed by atoms with E-state index in [1.807, 2.05) is 0 Å². The molecule has 0 radical (unpaired) electrons. The Kier molecular flexibility index (Phi) is 4.88. The van der Waals surface area contributed by atoms with Crippen molar-refractivity contribution in [1.29, 1.82) is 0 Å². The van der Waals surface area contributed by atoms with Crippen LogP contribution >= 0.6 is 11.6 Å². The van der Waals surface area contributed by atoms with E-state index in [0.717, 1.165) is 0 Å². The first kappa shape index (κ1) is 16.1. The summed E-state index contributed by atoms with van der Waals surface area (Å²) in [6.45, 7) is 5.63. The third kappa shape index (κ3) is 2.85. The molecule has 22 heavy (non-hydrogen) atoms. The van der Waals surface area contributed by atoms with Gasteiger partial charge in [0.25, 0.3) is 0 Å². The molecule has 1 heterocycles. The molecule has 1 aromatic carbocycles. The third-order valence-electron chi connectivity index (χ3n) is 3.53. The minimum absolute atomic E-state index is 0.299. The Bertz CT molecular complexity index is 655. The highest BCUT2D eigenvalue weighted by Crippen LogP contribution is 2.34. The number of esters is 1. The topological polar surface area (TPSA) is 58.6 Å². The second kappa shape index (κ2) is 6.66. The Balaban J connectivity index is 2.58. The van der Waals surface area contributed by atoms with Crippen molar-refractivity contribution in [2.75, 3.05) is 13.7 Å². The highest BCUT2D eigenvalue weighted by molar-refractivity contribution is 6.31. The van der Waals surface area contributed by atoms with Gasteiger partial charge in [-0.1, -0.05) is 35.9 Å². The van der Waals surface area contributed by atoms with Crippen molar-refractivity contribution < 1.29 is 14.3 Å². The van der Waals surface area contributed by atoms with E-state index < -0.39 is 12.0 Å². The van der Waals surface area contributed by atoms with Crippen molar-refractivity contribution in [3.8, 4) is 0 Å². The van der Waals surface area contributed by atoms with Crippen LogP contribution in [-0.2, 0) is 9.53 Å². The molecule has 0 fully saturated rings. The quantitative estimate of drug-likeness (QED) is 0.685. The number of urea groups is 1. The number of hydrogen-bond donors (Lipinski definition) is 1. The lowest BCUT2D eigenvalue weighted by molar-refractivity contribution is -0.136. The Hall–Kier alpha value is -2.27. The summed E-state index contributed by atoms with van der Waals surface area (Å²) in [5.41, 5.74) is 1.54. The Labute approximate surface area is 134 Å². The molecule has 0 saturated carbocycles. The zero-order valence-electron chi connectivity index (χ0n) is 12.4. The van der Waals surface area contributed by atoms with Gasteiger partial charge in [0.05, 0.1) is 18.7 Å². The summed E-state index contributed by atoms with van der Waals surface area (Å²) < 4.78 is 4.87. The van der Waals surface area contributed by atoms with Crippen LogP contribution in [0.5, 0.6) is 0 Å². The monoisotopic (exact) mass is 320 g/mol. The summed E-state index contributed by atoms with van der Waals surface area (Å²) in [4.78, 5) is 25.9. The van der Waals surface area contributed by atoms with Crippen molar-refractivity contribution in [2.45, 2.75) is 13.0 Å². The van der Waals surface area contributed by atoms with Gasteiger partial charge in [-0.2, -0.15) is 0 Å². The van der Waals surface area contributed by atoms with E-state index >= 15 is 0 Å². The summed E-state index contributed by atoms with van der Waals surface area (Å²) in [5, 5.41) is 3.27. The van der Waals surface area contributed by atoms with Crippen LogP contribution in [0, 0.1) is 0 Å². The summed E-state index contributed by atoms with van der Waals surface area (Å²) in [7, 11) is 1.31. The largest absolute Gasteiger partial charge is 0.466 e. The number of rotatable bonds is 4. The molecule has 0 aliphatic carbocycles. The Morgan fingerprint density at radius 3 is 2.77 bits per heavy atom. The van der Waals surface area contributed by atoms with Crippen LogP contribution in [0.1, 0.15) is 18.5 Å². The lowest BCUT2D eigenvalue weighted by atomic mass is 9.95. The number of ether oxygens (including phenoxy) is 1. The number of halogens is 1. The Morgan fingerprint density at radius 1 is 1.50 bits per heavy atom. The minimum Gasteiger partial charge on any atom is -0.466 e. The SMILES string of the molecule is C=CCN1C(=O)N[C@@H](c2ccccc2Cl)C(C(=O)OC)=C1C. The average molecular weight is 321 g/mol. The number of benzene rings is 1. The van der Waals surface area contributed by atoms with Gasteiger partial charge in [0.1, 0.15) is 0 Å². The molecular weight excluding hydrogens is 304 g/mol. The maximum atomic E-state index is 12.3. The molecule has 6 heteroatoms. The zero-order valence-corrected chi connectivity index (χ0v) is 13.2. The molecule has 0 unspecified atom stereocenters. The molecular formula is C16H17ClN2O3. The van der Waals surface area contributed by atoms with Crippen LogP contribution in [0.3, 0.4) is 0 Å². The third-order valence-corrected chi connectivity index (χ3v) is 3.87. The van der Waals surface area contributed by atoms with Gasteiger partial charge in [-0.05, 0) is 18.6 Å². The number of allylic oxidation sites excluding steroid dienone is 1. The van der Waals surface area contributed by atoms with Crippen molar-refractivity contribution in [3.05, 3.63) is 58.8 Å². The van der Waals surface area contributed by atoms with Gasteiger partial charge in [-0.25, -0.2) is 9.59 Å². The highest BCUT2D eigenvalue weighted by Gasteiger charge is 2.36. The maximum absolute atomic E-state index is 12.3. The number of nitrogens with zero attached hydrogens (tertiary/aromatic N) is 1. The predicted molar refractivity (Wildman–Crippen MR) is 84.3 cm³/mol. The zero-order chi connectivity index (χ0) is 16.3. The highest BCUT2D eigenvalue weighted by atomic mass is 35.5. The molecule has 0 saturated heterocycles. The van der Waals surface area contributed by atoms with E-state index in [2.05, 4.69) is 11.9 Å². The molecule has 1 N–H and O–H groups in total. The first-order chi connectivity index (χ1) is 10.5. The second-order valence-corrected chi connectivity index (χ2v) is 5.20. The fraction of sp³-hybridized carbons (Fsp3) is 0.250. The molecule has 5 nitrogen and oxygen atoms in total. The lowest BCUT2D eigenvalue weighted by Crippen LogP contribution is -2.48. The lowest BCUT2D eigenvalue weighted by Gasteiger charge is -2.35. The second-order valence-electron chi connectivity index (χ2n) is 4.79. The van der Waals surface area contributed by atoms with E-state index in [9.17, 15) is 9.59 Å². The van der Waals surface area contributed by atoms with E-state index in [-0.39, 0.29) is 6.03 Å². The molecule has 1 aliphatic rings. The summed E-state index contributed by atoms with van der Waals surface area (Å²) >= 11 is 6.21. The first-order valence-electron chi connectivity index (χ1n) is 6.73. The first-order valence-corrected chi connectivity index (χ1v) is 7.11. The molecule has 1 aromatic rings. The van der Waals surface area contributed by atoms with Gasteiger partial charge >= 0.3 is 12.0 Å². The van der Waals surface area contributed by atoms with E-state index in [1.165, 1.54) is 12.0 Å². The fourth-order valence-corrected chi connectivity index (χ4v) is 2.69. The van der Waals surface area contributed by atoms with E-state index in [1.54, 1.807) is 37.3 Å². The molecule has 116 valence electrons. The number of carbonyl (C=O) groups excluding carboxylic acids is 2. The van der Waals surface area contributed by atoms with Crippen LogP contribution in [-0.4, -0.2) is 30.6 Å². The fourth-order valence-electron chi connectivity index (χ4n) is 2.45. The summed E-state index contributed by atoms with van der Waals surface area (Å²) in [6.07, 6.45) is 1.59.